The number of rotatable bonds is 5. The molecule has 2 aromatic rings. The van der Waals surface area contributed by atoms with Crippen molar-refractivity contribution in [3.63, 3.8) is 0 Å². The van der Waals surface area contributed by atoms with Crippen molar-refractivity contribution in [2.24, 2.45) is 0 Å². The summed E-state index contributed by atoms with van der Waals surface area (Å²) in [6.07, 6.45) is 0. The average molecular weight is 269 g/mol. The van der Waals surface area contributed by atoms with E-state index < -0.39 is 5.60 Å². The van der Waals surface area contributed by atoms with Crippen molar-refractivity contribution in [2.45, 2.75) is 5.60 Å². The number of ether oxygens (including phenoxy) is 2. The second-order valence-electron chi connectivity index (χ2n) is 4.31. The Bertz CT molecular complexity index is 607. The lowest BCUT2D eigenvalue weighted by atomic mass is 9.96. The third-order valence-corrected chi connectivity index (χ3v) is 2.93. The fourth-order valence-corrected chi connectivity index (χ4v) is 1.77. The molecule has 2 aromatic carbocycles. The molecule has 4 heteroatoms. The van der Waals surface area contributed by atoms with E-state index in [2.05, 4.69) is 0 Å². The van der Waals surface area contributed by atoms with Crippen LogP contribution in [0.15, 0.2) is 54.6 Å². The van der Waals surface area contributed by atoms with E-state index in [1.54, 1.807) is 55.6 Å². The van der Waals surface area contributed by atoms with E-state index in [0.29, 0.717) is 17.1 Å². The molecule has 1 N–H and O–H groups in total. The number of methoxy groups -OCH3 is 1. The highest BCUT2D eigenvalue weighted by Crippen LogP contribution is 2.24. The molecule has 0 bridgehead atoms. The van der Waals surface area contributed by atoms with Crippen LogP contribution in [0.4, 0.5) is 0 Å². The van der Waals surface area contributed by atoms with Gasteiger partial charge in [-0.15, -0.1) is 0 Å². The van der Waals surface area contributed by atoms with E-state index in [4.69, 9.17) is 9.47 Å². The zero-order chi connectivity index (χ0) is 14.4. The minimum Gasteiger partial charge on any atom is -0.497 e. The Balaban J connectivity index is 2.13. The summed E-state index contributed by atoms with van der Waals surface area (Å²) in [5.74, 6) is 1.19. The van der Waals surface area contributed by atoms with Crippen LogP contribution in [0, 0.1) is 11.3 Å². The summed E-state index contributed by atoms with van der Waals surface area (Å²) in [6, 6.07) is 17.6. The van der Waals surface area contributed by atoms with Gasteiger partial charge in [0.15, 0.2) is 0 Å². The summed E-state index contributed by atoms with van der Waals surface area (Å²) in [7, 11) is 1.56. The maximum Gasteiger partial charge on any atom is 0.211 e. The molecule has 0 saturated heterocycles. The van der Waals surface area contributed by atoms with Gasteiger partial charge >= 0.3 is 0 Å². The summed E-state index contributed by atoms with van der Waals surface area (Å²) in [4.78, 5) is 0. The molecule has 0 spiro atoms. The van der Waals surface area contributed by atoms with Crippen molar-refractivity contribution in [1.82, 2.24) is 0 Å². The average Bonchev–Trinajstić information content (AvgIpc) is 2.53. The predicted molar refractivity (Wildman–Crippen MR) is 74.4 cm³/mol. The number of benzene rings is 2. The highest BCUT2D eigenvalue weighted by molar-refractivity contribution is 5.34. The van der Waals surface area contributed by atoms with Gasteiger partial charge in [-0.25, -0.2) is 0 Å². The molecule has 2 rings (SSSR count). The molecule has 0 saturated carbocycles. The molecule has 102 valence electrons. The first-order valence-electron chi connectivity index (χ1n) is 6.14. The minimum atomic E-state index is -1.68. The molecule has 0 radical (unpaired) electrons. The van der Waals surface area contributed by atoms with Crippen molar-refractivity contribution >= 4 is 0 Å². The van der Waals surface area contributed by atoms with Crippen LogP contribution in [-0.4, -0.2) is 18.8 Å². The molecule has 4 nitrogen and oxygen atoms in total. The highest BCUT2D eigenvalue weighted by Gasteiger charge is 2.30. The molecule has 0 heterocycles. The van der Waals surface area contributed by atoms with Gasteiger partial charge in [-0.3, -0.25) is 0 Å². The third-order valence-electron chi connectivity index (χ3n) is 2.93. The van der Waals surface area contributed by atoms with Gasteiger partial charge in [-0.1, -0.05) is 36.4 Å². The lowest BCUT2D eigenvalue weighted by Gasteiger charge is -2.21. The summed E-state index contributed by atoms with van der Waals surface area (Å²) < 4.78 is 10.6. The van der Waals surface area contributed by atoms with Gasteiger partial charge in [0.05, 0.1) is 7.11 Å². The van der Waals surface area contributed by atoms with Crippen molar-refractivity contribution in [3.05, 3.63) is 60.2 Å². The maximum atomic E-state index is 10.4. The summed E-state index contributed by atoms with van der Waals surface area (Å²) in [5, 5.41) is 19.6. The second kappa shape index (κ2) is 6.09. The molecule has 0 unspecified atom stereocenters. The van der Waals surface area contributed by atoms with Crippen molar-refractivity contribution < 1.29 is 14.6 Å². The zero-order valence-electron chi connectivity index (χ0n) is 11.1. The molecule has 0 aliphatic rings. The number of hydrogen-bond acceptors (Lipinski definition) is 4. The topological polar surface area (TPSA) is 62.5 Å². The Morgan fingerprint density at radius 3 is 2.45 bits per heavy atom. The van der Waals surface area contributed by atoms with E-state index in [1.807, 2.05) is 12.1 Å². The fourth-order valence-electron chi connectivity index (χ4n) is 1.77. The van der Waals surface area contributed by atoms with Crippen LogP contribution in [-0.2, 0) is 5.60 Å². The fraction of sp³-hybridized carbons (Fsp3) is 0.188. The Labute approximate surface area is 117 Å². The van der Waals surface area contributed by atoms with Gasteiger partial charge in [0.25, 0.3) is 0 Å². The van der Waals surface area contributed by atoms with Gasteiger partial charge in [0.2, 0.25) is 5.60 Å². The van der Waals surface area contributed by atoms with E-state index in [0.717, 1.165) is 0 Å². The predicted octanol–water partition coefficient (Wildman–Crippen LogP) is 2.49. The molecule has 20 heavy (non-hydrogen) atoms. The van der Waals surface area contributed by atoms with Crippen LogP contribution in [0.2, 0.25) is 0 Å². The van der Waals surface area contributed by atoms with Crippen molar-refractivity contribution in [1.29, 1.82) is 5.26 Å². The Morgan fingerprint density at radius 1 is 1.10 bits per heavy atom. The number of aliphatic hydroxyl groups is 1. The largest absolute Gasteiger partial charge is 0.497 e. The molecular weight excluding hydrogens is 254 g/mol. The van der Waals surface area contributed by atoms with Crippen LogP contribution in [0.3, 0.4) is 0 Å². The van der Waals surface area contributed by atoms with Crippen LogP contribution in [0.25, 0.3) is 0 Å². The molecule has 0 fully saturated rings. The molecule has 0 amide bonds. The monoisotopic (exact) mass is 269 g/mol. The van der Waals surface area contributed by atoms with Crippen LogP contribution in [0.1, 0.15) is 5.56 Å². The molecule has 0 aromatic heterocycles. The van der Waals surface area contributed by atoms with E-state index in [1.165, 1.54) is 0 Å². The summed E-state index contributed by atoms with van der Waals surface area (Å²) >= 11 is 0. The number of nitrogens with zero attached hydrogens (tertiary/aromatic N) is 1. The van der Waals surface area contributed by atoms with Crippen molar-refractivity contribution in [2.75, 3.05) is 13.7 Å². The summed E-state index contributed by atoms with van der Waals surface area (Å²) in [5.41, 5.74) is -1.17. The van der Waals surface area contributed by atoms with Crippen molar-refractivity contribution in [3.8, 4) is 17.6 Å². The quantitative estimate of drug-likeness (QED) is 0.847. The lowest BCUT2D eigenvalue weighted by Crippen LogP contribution is -2.31. The van der Waals surface area contributed by atoms with Crippen LogP contribution in [0.5, 0.6) is 11.5 Å². The van der Waals surface area contributed by atoms with E-state index >= 15 is 0 Å². The Kier molecular flexibility index (Phi) is 4.24. The van der Waals surface area contributed by atoms with Gasteiger partial charge in [-0.2, -0.15) is 5.26 Å². The second-order valence-corrected chi connectivity index (χ2v) is 4.31. The Hall–Kier alpha value is -2.51. The summed E-state index contributed by atoms with van der Waals surface area (Å²) in [6.45, 7) is -0.152. The smallest absolute Gasteiger partial charge is 0.211 e. The van der Waals surface area contributed by atoms with Gasteiger partial charge in [-0.05, 0) is 12.1 Å². The standard InChI is InChI=1S/C16H15NO3/c1-19-14-8-5-9-15(10-14)20-12-16(18,11-17)13-6-3-2-4-7-13/h2-10,18H,12H2,1H3/t16-/m0/s1. The van der Waals surface area contributed by atoms with Gasteiger partial charge in [0.1, 0.15) is 24.2 Å². The minimum absolute atomic E-state index is 0.152. The normalized spacial score (nSPS) is 13.1. The SMILES string of the molecule is COc1cccc(OC[C@@](O)(C#N)c2ccccc2)c1. The molecular formula is C16H15NO3. The Morgan fingerprint density at radius 2 is 1.80 bits per heavy atom. The van der Waals surface area contributed by atoms with Gasteiger partial charge in [0, 0.05) is 11.6 Å². The zero-order valence-corrected chi connectivity index (χ0v) is 11.1. The lowest BCUT2D eigenvalue weighted by molar-refractivity contribution is 0.0417. The third kappa shape index (κ3) is 3.08. The first kappa shape index (κ1) is 13.9. The highest BCUT2D eigenvalue weighted by atomic mass is 16.5. The molecule has 1 atom stereocenters. The van der Waals surface area contributed by atoms with E-state index in [9.17, 15) is 10.4 Å². The van der Waals surface area contributed by atoms with Crippen LogP contribution >= 0.6 is 0 Å². The first-order chi connectivity index (χ1) is 9.68. The maximum absolute atomic E-state index is 10.4. The van der Waals surface area contributed by atoms with E-state index in [-0.39, 0.29) is 6.61 Å². The number of nitriles is 1. The van der Waals surface area contributed by atoms with Crippen LogP contribution < -0.4 is 9.47 Å². The number of hydrogen-bond donors (Lipinski definition) is 1. The first-order valence-corrected chi connectivity index (χ1v) is 6.14. The van der Waals surface area contributed by atoms with Gasteiger partial charge < -0.3 is 14.6 Å². The molecule has 0 aliphatic carbocycles. The molecule has 0 aliphatic heterocycles.